The van der Waals surface area contributed by atoms with Crippen molar-refractivity contribution in [2.45, 2.75) is 32.5 Å². The maximum atomic E-state index is 13.9. The van der Waals surface area contributed by atoms with Crippen molar-refractivity contribution >= 4 is 0 Å². The van der Waals surface area contributed by atoms with E-state index in [4.69, 9.17) is 4.42 Å². The summed E-state index contributed by atoms with van der Waals surface area (Å²) in [5.74, 6) is 1.73. The first-order valence-corrected chi connectivity index (χ1v) is 8.51. The molecule has 5 heteroatoms. The highest BCUT2D eigenvalue weighted by atomic mass is 19.1. The largest absolute Gasteiger partial charge is 0.465 e. The highest BCUT2D eigenvalue weighted by molar-refractivity contribution is 5.17. The van der Waals surface area contributed by atoms with E-state index in [0.717, 1.165) is 43.3 Å². The zero-order valence-corrected chi connectivity index (χ0v) is 14.1. The first kappa shape index (κ1) is 17.1. The van der Waals surface area contributed by atoms with Crippen LogP contribution in [0.1, 0.15) is 23.5 Å². The van der Waals surface area contributed by atoms with Crippen LogP contribution in [0.2, 0.25) is 0 Å². The predicted octanol–water partition coefficient (Wildman–Crippen LogP) is 2.80. The molecule has 1 aromatic carbocycles. The lowest BCUT2D eigenvalue weighted by molar-refractivity contribution is 0.0449. The van der Waals surface area contributed by atoms with Crippen LogP contribution in [0.3, 0.4) is 0 Å². The number of piperazine rings is 1. The van der Waals surface area contributed by atoms with E-state index in [9.17, 15) is 9.50 Å². The zero-order valence-electron chi connectivity index (χ0n) is 14.1. The summed E-state index contributed by atoms with van der Waals surface area (Å²) in [6.07, 6.45) is 0.716. The minimum atomic E-state index is -0.148. The molecule has 1 aliphatic heterocycles. The van der Waals surface area contributed by atoms with E-state index in [2.05, 4.69) is 9.80 Å². The van der Waals surface area contributed by atoms with Gasteiger partial charge in [-0.25, -0.2) is 4.39 Å². The van der Waals surface area contributed by atoms with Gasteiger partial charge < -0.3 is 9.52 Å². The molecule has 1 aromatic heterocycles. The summed E-state index contributed by atoms with van der Waals surface area (Å²) in [4.78, 5) is 4.62. The van der Waals surface area contributed by atoms with Crippen LogP contribution in [-0.4, -0.2) is 47.2 Å². The van der Waals surface area contributed by atoms with Crippen LogP contribution in [0.25, 0.3) is 0 Å². The zero-order chi connectivity index (χ0) is 16.9. The molecule has 0 saturated carbocycles. The van der Waals surface area contributed by atoms with Crippen LogP contribution in [-0.2, 0) is 13.1 Å². The normalized spacial score (nSPS) is 19.7. The van der Waals surface area contributed by atoms with Crippen molar-refractivity contribution in [1.82, 2.24) is 9.80 Å². The molecule has 0 unspecified atom stereocenters. The molecule has 0 bridgehead atoms. The molecule has 130 valence electrons. The van der Waals surface area contributed by atoms with Gasteiger partial charge in [0.25, 0.3) is 0 Å². The van der Waals surface area contributed by atoms with Crippen LogP contribution in [0.15, 0.2) is 40.8 Å². The Morgan fingerprint density at radius 1 is 1.17 bits per heavy atom. The summed E-state index contributed by atoms with van der Waals surface area (Å²) in [6, 6.07) is 11.2. The minimum Gasteiger partial charge on any atom is -0.465 e. The molecule has 3 rings (SSSR count). The average Bonchev–Trinajstić information content (AvgIpc) is 2.97. The molecule has 1 N–H and O–H groups in total. The smallest absolute Gasteiger partial charge is 0.127 e. The number of aryl methyl sites for hydroxylation is 1. The van der Waals surface area contributed by atoms with Gasteiger partial charge in [-0.1, -0.05) is 18.2 Å². The maximum absolute atomic E-state index is 13.9. The van der Waals surface area contributed by atoms with Crippen LogP contribution < -0.4 is 0 Å². The molecule has 1 aliphatic rings. The third kappa shape index (κ3) is 4.23. The molecular weight excluding hydrogens is 307 g/mol. The molecule has 1 saturated heterocycles. The molecule has 1 atom stereocenters. The van der Waals surface area contributed by atoms with Gasteiger partial charge in [-0.05, 0) is 31.5 Å². The lowest BCUT2D eigenvalue weighted by Gasteiger charge is -2.41. The molecule has 0 amide bonds. The van der Waals surface area contributed by atoms with Crippen LogP contribution >= 0.6 is 0 Å². The molecule has 1 fully saturated rings. The van der Waals surface area contributed by atoms with E-state index in [0.29, 0.717) is 13.0 Å². The lowest BCUT2D eigenvalue weighted by atomic mass is 10.1. The van der Waals surface area contributed by atoms with Gasteiger partial charge in [0.1, 0.15) is 17.3 Å². The number of hydrogen-bond acceptors (Lipinski definition) is 4. The van der Waals surface area contributed by atoms with Crippen molar-refractivity contribution in [3.05, 3.63) is 59.3 Å². The highest BCUT2D eigenvalue weighted by Crippen LogP contribution is 2.20. The molecule has 2 aromatic rings. The number of nitrogens with zero attached hydrogens (tertiary/aromatic N) is 2. The van der Waals surface area contributed by atoms with E-state index in [1.807, 2.05) is 31.2 Å². The fraction of sp³-hybridized carbons (Fsp3) is 0.474. The van der Waals surface area contributed by atoms with E-state index < -0.39 is 0 Å². The maximum Gasteiger partial charge on any atom is 0.127 e. The lowest BCUT2D eigenvalue weighted by Crippen LogP contribution is -2.52. The van der Waals surface area contributed by atoms with Crippen LogP contribution in [0, 0.1) is 12.7 Å². The Labute approximate surface area is 142 Å². The first-order chi connectivity index (χ1) is 11.7. The quantitative estimate of drug-likeness (QED) is 0.883. The summed E-state index contributed by atoms with van der Waals surface area (Å²) in [5.41, 5.74) is 0.732. The summed E-state index contributed by atoms with van der Waals surface area (Å²) in [7, 11) is 0. The number of aliphatic hydroxyl groups is 1. The van der Waals surface area contributed by atoms with E-state index >= 15 is 0 Å². The monoisotopic (exact) mass is 332 g/mol. The Morgan fingerprint density at radius 2 is 2.00 bits per heavy atom. The topological polar surface area (TPSA) is 39.9 Å². The molecule has 0 radical (unpaired) electrons. The Kier molecular flexibility index (Phi) is 5.66. The van der Waals surface area contributed by atoms with Gasteiger partial charge in [0, 0.05) is 44.4 Å². The number of rotatable bonds is 6. The number of benzene rings is 1. The summed E-state index contributed by atoms with van der Waals surface area (Å²) >= 11 is 0. The van der Waals surface area contributed by atoms with Crippen LogP contribution in [0.4, 0.5) is 4.39 Å². The van der Waals surface area contributed by atoms with Crippen molar-refractivity contribution < 1.29 is 13.9 Å². The minimum absolute atomic E-state index is 0.148. The molecule has 4 nitrogen and oxygen atoms in total. The number of halogens is 1. The van der Waals surface area contributed by atoms with Crippen molar-refractivity contribution in [3.63, 3.8) is 0 Å². The van der Waals surface area contributed by atoms with E-state index in [1.54, 1.807) is 6.07 Å². The fourth-order valence-electron chi connectivity index (χ4n) is 3.37. The fourth-order valence-corrected chi connectivity index (χ4v) is 3.37. The number of hydrogen-bond donors (Lipinski definition) is 1. The Balaban J connectivity index is 1.63. The Bertz CT molecular complexity index is 658. The van der Waals surface area contributed by atoms with Gasteiger partial charge in [-0.2, -0.15) is 0 Å². The van der Waals surface area contributed by atoms with Gasteiger partial charge >= 0.3 is 0 Å². The third-order valence-corrected chi connectivity index (χ3v) is 4.66. The van der Waals surface area contributed by atoms with E-state index in [1.165, 1.54) is 6.07 Å². The Morgan fingerprint density at radius 3 is 2.71 bits per heavy atom. The van der Waals surface area contributed by atoms with Crippen molar-refractivity contribution in [1.29, 1.82) is 0 Å². The van der Waals surface area contributed by atoms with Crippen molar-refractivity contribution in [3.8, 4) is 0 Å². The van der Waals surface area contributed by atoms with Crippen molar-refractivity contribution in [2.75, 3.05) is 26.2 Å². The summed E-state index contributed by atoms with van der Waals surface area (Å²) < 4.78 is 19.6. The predicted molar refractivity (Wildman–Crippen MR) is 91.0 cm³/mol. The van der Waals surface area contributed by atoms with Gasteiger partial charge in [-0.3, -0.25) is 9.80 Å². The average molecular weight is 332 g/mol. The van der Waals surface area contributed by atoms with Gasteiger partial charge in [0.15, 0.2) is 0 Å². The SMILES string of the molecule is Cc1ccc(CN2CCN(Cc3ccccc3F)C[C@@H]2CCO)o1. The second-order valence-corrected chi connectivity index (χ2v) is 6.48. The highest BCUT2D eigenvalue weighted by Gasteiger charge is 2.27. The number of aliphatic hydroxyl groups excluding tert-OH is 1. The molecule has 24 heavy (non-hydrogen) atoms. The number of furan rings is 1. The summed E-state index contributed by atoms with van der Waals surface area (Å²) in [6.45, 7) is 6.07. The van der Waals surface area contributed by atoms with Crippen molar-refractivity contribution in [2.24, 2.45) is 0 Å². The second-order valence-electron chi connectivity index (χ2n) is 6.48. The van der Waals surface area contributed by atoms with Gasteiger partial charge in [-0.15, -0.1) is 0 Å². The molecular formula is C19H25FN2O2. The Hall–Kier alpha value is -1.69. The molecule has 0 spiro atoms. The van der Waals surface area contributed by atoms with Gasteiger partial charge in [0.2, 0.25) is 0 Å². The first-order valence-electron chi connectivity index (χ1n) is 8.51. The van der Waals surface area contributed by atoms with Crippen LogP contribution in [0.5, 0.6) is 0 Å². The second kappa shape index (κ2) is 7.92. The molecule has 2 heterocycles. The third-order valence-electron chi connectivity index (χ3n) is 4.66. The van der Waals surface area contributed by atoms with Gasteiger partial charge in [0.05, 0.1) is 6.54 Å². The van der Waals surface area contributed by atoms with E-state index in [-0.39, 0.29) is 18.5 Å². The molecule has 0 aliphatic carbocycles. The summed E-state index contributed by atoms with van der Waals surface area (Å²) in [5, 5.41) is 9.40. The standard InChI is InChI=1S/C19H25FN2O2/c1-15-6-7-18(24-15)14-22-10-9-21(13-17(22)8-11-23)12-16-4-2-3-5-19(16)20/h2-7,17,23H,8-14H2,1H3/t17-/m0/s1.